The molecule has 0 aliphatic heterocycles. The number of nitrogens with zero attached hydrogens (tertiary/aromatic N) is 4. The number of rotatable bonds is 7. The highest BCUT2D eigenvalue weighted by atomic mass is 32.1. The van der Waals surface area contributed by atoms with Crippen LogP contribution in [0.1, 0.15) is 0 Å². The van der Waals surface area contributed by atoms with E-state index in [1.54, 1.807) is 0 Å². The number of thiophene rings is 1. The molecular weight excluding hydrogens is 282 g/mol. The van der Waals surface area contributed by atoms with Gasteiger partial charge >= 0.3 is 0 Å². The number of ether oxygens (including phenoxy) is 1. The highest BCUT2D eigenvalue weighted by Crippen LogP contribution is 2.16. The Balaban J connectivity index is 1.91. The number of aromatic nitrogens is 4. The smallest absolute Gasteiger partial charge is 0.244 e. The van der Waals surface area contributed by atoms with E-state index >= 15 is 0 Å². The molecule has 0 saturated heterocycles. The second-order valence-electron chi connectivity index (χ2n) is 4.06. The normalized spacial score (nSPS) is 12.3. The van der Waals surface area contributed by atoms with Gasteiger partial charge in [-0.1, -0.05) is 0 Å². The molecule has 0 fully saturated rings. The Hall–Kier alpha value is -1.84. The van der Waals surface area contributed by atoms with Crippen LogP contribution in [0.4, 0.5) is 0 Å². The van der Waals surface area contributed by atoms with Crippen molar-refractivity contribution in [3.63, 3.8) is 0 Å². The molecule has 0 aromatic carbocycles. The highest BCUT2D eigenvalue weighted by molar-refractivity contribution is 7.08. The van der Waals surface area contributed by atoms with E-state index in [1.807, 2.05) is 16.8 Å². The van der Waals surface area contributed by atoms with Crippen molar-refractivity contribution in [3.05, 3.63) is 16.8 Å². The minimum atomic E-state index is -0.438. The maximum absolute atomic E-state index is 11.7. The Morgan fingerprint density at radius 1 is 1.65 bits per heavy atom. The Labute approximate surface area is 119 Å². The summed E-state index contributed by atoms with van der Waals surface area (Å²) < 4.78 is 4.88. The van der Waals surface area contributed by atoms with Crippen molar-refractivity contribution in [2.45, 2.75) is 12.6 Å². The molecule has 2 aromatic heterocycles. The van der Waals surface area contributed by atoms with Crippen LogP contribution >= 0.6 is 11.3 Å². The number of hydrogen-bond donors (Lipinski definition) is 2. The summed E-state index contributed by atoms with van der Waals surface area (Å²) in [5.74, 6) is 0.171. The summed E-state index contributed by atoms with van der Waals surface area (Å²) in [5.41, 5.74) is 0.870. The molecule has 0 bridgehead atoms. The number of carbonyl (C=O) groups excluding carboxylic acids is 1. The van der Waals surface area contributed by atoms with Crippen molar-refractivity contribution in [2.75, 3.05) is 20.3 Å². The van der Waals surface area contributed by atoms with E-state index in [4.69, 9.17) is 9.84 Å². The lowest BCUT2D eigenvalue weighted by molar-refractivity contribution is -0.123. The zero-order valence-corrected chi connectivity index (χ0v) is 11.7. The first-order valence-corrected chi connectivity index (χ1v) is 6.86. The van der Waals surface area contributed by atoms with Crippen LogP contribution in [0, 0.1) is 0 Å². The van der Waals surface area contributed by atoms with Crippen molar-refractivity contribution < 1.29 is 14.6 Å². The molecule has 1 atom stereocenters. The predicted molar refractivity (Wildman–Crippen MR) is 72.0 cm³/mol. The van der Waals surface area contributed by atoms with Crippen molar-refractivity contribution >= 4 is 17.2 Å². The minimum Gasteiger partial charge on any atom is -0.394 e. The molecule has 8 nitrogen and oxygen atoms in total. The second kappa shape index (κ2) is 7.08. The fourth-order valence-corrected chi connectivity index (χ4v) is 2.19. The van der Waals surface area contributed by atoms with Crippen LogP contribution in [-0.2, 0) is 16.1 Å². The third-order valence-electron chi connectivity index (χ3n) is 2.47. The standard InChI is InChI=1S/C11H15N5O3S/c1-19-6-9(5-17)12-10(18)4-16-14-11(13-15-16)8-2-3-20-7-8/h2-3,7,9,17H,4-6H2,1H3,(H,12,18). The third-order valence-corrected chi connectivity index (χ3v) is 3.15. The lowest BCUT2D eigenvalue weighted by atomic mass is 10.3. The summed E-state index contributed by atoms with van der Waals surface area (Å²) in [6.45, 7) is -0.00491. The summed E-state index contributed by atoms with van der Waals surface area (Å²) in [4.78, 5) is 13.0. The third kappa shape index (κ3) is 3.83. The van der Waals surface area contributed by atoms with E-state index < -0.39 is 6.04 Å². The molecule has 0 radical (unpaired) electrons. The SMILES string of the molecule is COCC(CO)NC(=O)Cn1nnc(-c2ccsc2)n1. The van der Waals surface area contributed by atoms with Gasteiger partial charge in [-0.3, -0.25) is 4.79 Å². The van der Waals surface area contributed by atoms with Gasteiger partial charge in [0.2, 0.25) is 11.7 Å². The van der Waals surface area contributed by atoms with Gasteiger partial charge in [0.25, 0.3) is 0 Å². The van der Waals surface area contributed by atoms with Gasteiger partial charge in [-0.05, 0) is 16.7 Å². The molecule has 2 heterocycles. The Morgan fingerprint density at radius 2 is 2.50 bits per heavy atom. The molecule has 2 rings (SSSR count). The molecule has 0 saturated carbocycles. The number of aliphatic hydroxyl groups is 1. The van der Waals surface area contributed by atoms with E-state index in [0.29, 0.717) is 5.82 Å². The molecule has 1 amide bonds. The number of amides is 1. The van der Waals surface area contributed by atoms with E-state index in [0.717, 1.165) is 5.56 Å². The highest BCUT2D eigenvalue weighted by Gasteiger charge is 2.13. The van der Waals surface area contributed by atoms with Gasteiger partial charge < -0.3 is 15.2 Å². The van der Waals surface area contributed by atoms with Crippen LogP contribution in [0.3, 0.4) is 0 Å². The molecule has 1 unspecified atom stereocenters. The summed E-state index contributed by atoms with van der Waals surface area (Å²) in [5, 5.41) is 27.3. The van der Waals surface area contributed by atoms with Gasteiger partial charge in [-0.15, -0.1) is 10.2 Å². The first-order valence-electron chi connectivity index (χ1n) is 5.92. The van der Waals surface area contributed by atoms with Gasteiger partial charge in [-0.2, -0.15) is 16.1 Å². The lowest BCUT2D eigenvalue weighted by Gasteiger charge is -2.14. The monoisotopic (exact) mass is 297 g/mol. The summed E-state index contributed by atoms with van der Waals surface area (Å²) >= 11 is 1.54. The van der Waals surface area contributed by atoms with Crippen molar-refractivity contribution in [3.8, 4) is 11.4 Å². The topological polar surface area (TPSA) is 102 Å². The predicted octanol–water partition coefficient (Wildman–Crippen LogP) is -0.475. The Bertz CT molecular complexity index is 542. The van der Waals surface area contributed by atoms with Gasteiger partial charge in [0, 0.05) is 18.1 Å². The van der Waals surface area contributed by atoms with Crippen LogP contribution in [0.15, 0.2) is 16.8 Å². The van der Waals surface area contributed by atoms with Crippen LogP contribution < -0.4 is 5.32 Å². The fourth-order valence-electron chi connectivity index (χ4n) is 1.56. The first-order chi connectivity index (χ1) is 9.72. The summed E-state index contributed by atoms with van der Waals surface area (Å²) in [7, 11) is 1.50. The average Bonchev–Trinajstić information content (AvgIpc) is 3.08. The number of aliphatic hydroxyl groups excluding tert-OH is 1. The lowest BCUT2D eigenvalue weighted by Crippen LogP contribution is -2.42. The fraction of sp³-hybridized carbons (Fsp3) is 0.455. The molecular formula is C11H15N5O3S. The molecule has 2 aromatic rings. The average molecular weight is 297 g/mol. The molecule has 108 valence electrons. The number of carbonyl (C=O) groups is 1. The molecule has 20 heavy (non-hydrogen) atoms. The van der Waals surface area contributed by atoms with E-state index in [-0.39, 0.29) is 25.7 Å². The first kappa shape index (κ1) is 14.6. The maximum Gasteiger partial charge on any atom is 0.244 e. The summed E-state index contributed by atoms with van der Waals surface area (Å²) in [6.07, 6.45) is 0. The molecule has 2 N–H and O–H groups in total. The van der Waals surface area contributed by atoms with Crippen molar-refractivity contribution in [2.24, 2.45) is 0 Å². The number of hydrogen-bond acceptors (Lipinski definition) is 7. The molecule has 9 heteroatoms. The molecule has 0 aliphatic rings. The van der Waals surface area contributed by atoms with Gasteiger partial charge in [0.1, 0.15) is 6.54 Å². The van der Waals surface area contributed by atoms with E-state index in [2.05, 4.69) is 20.7 Å². The minimum absolute atomic E-state index is 0.0582. The second-order valence-corrected chi connectivity index (χ2v) is 4.84. The van der Waals surface area contributed by atoms with Gasteiger partial charge in [0.05, 0.1) is 19.3 Å². The van der Waals surface area contributed by atoms with Crippen molar-refractivity contribution in [1.82, 2.24) is 25.5 Å². The maximum atomic E-state index is 11.7. The van der Waals surface area contributed by atoms with Crippen LogP contribution in [0.25, 0.3) is 11.4 Å². The van der Waals surface area contributed by atoms with E-state index in [9.17, 15) is 4.79 Å². The Kier molecular flexibility index (Phi) is 5.16. The van der Waals surface area contributed by atoms with Crippen LogP contribution in [0.2, 0.25) is 0 Å². The van der Waals surface area contributed by atoms with Crippen LogP contribution in [-0.4, -0.2) is 57.6 Å². The molecule has 0 aliphatic carbocycles. The van der Waals surface area contributed by atoms with Gasteiger partial charge in [-0.25, -0.2) is 0 Å². The largest absolute Gasteiger partial charge is 0.394 e. The summed E-state index contributed by atoms with van der Waals surface area (Å²) in [6, 6.07) is 1.44. The zero-order chi connectivity index (χ0) is 14.4. The van der Waals surface area contributed by atoms with Crippen molar-refractivity contribution in [1.29, 1.82) is 0 Å². The molecule has 0 spiro atoms. The number of methoxy groups -OCH3 is 1. The van der Waals surface area contributed by atoms with E-state index in [1.165, 1.54) is 23.2 Å². The number of tetrazole rings is 1. The van der Waals surface area contributed by atoms with Gasteiger partial charge in [0.15, 0.2) is 0 Å². The number of nitrogens with one attached hydrogen (secondary N) is 1. The quantitative estimate of drug-likeness (QED) is 0.716. The Morgan fingerprint density at radius 3 is 3.15 bits per heavy atom. The zero-order valence-electron chi connectivity index (χ0n) is 10.9. The van der Waals surface area contributed by atoms with Crippen LogP contribution in [0.5, 0.6) is 0 Å².